The molecule has 0 heterocycles. The summed E-state index contributed by atoms with van der Waals surface area (Å²) in [6, 6.07) is 5.51. The third kappa shape index (κ3) is 2.97. The van der Waals surface area contributed by atoms with Gasteiger partial charge in [0.25, 0.3) is 0 Å². The molecule has 2 N–H and O–H groups in total. The summed E-state index contributed by atoms with van der Waals surface area (Å²) in [6.07, 6.45) is 1.39. The summed E-state index contributed by atoms with van der Waals surface area (Å²) in [5, 5.41) is 12.5. The second-order valence-electron chi connectivity index (χ2n) is 4.46. The molecule has 1 aromatic carbocycles. The topological polar surface area (TPSA) is 49.3 Å². The quantitative estimate of drug-likeness (QED) is 0.818. The van der Waals surface area contributed by atoms with Crippen LogP contribution in [0.15, 0.2) is 18.2 Å². The van der Waals surface area contributed by atoms with E-state index in [0.717, 1.165) is 12.0 Å². The maximum Gasteiger partial charge on any atom is 0.223 e. The van der Waals surface area contributed by atoms with Crippen molar-refractivity contribution in [3.63, 3.8) is 0 Å². The minimum atomic E-state index is -0.0142. The number of aliphatic hydroxyl groups is 1. The molecule has 2 rings (SSSR count). The van der Waals surface area contributed by atoms with Crippen molar-refractivity contribution in [3.8, 4) is 0 Å². The summed E-state index contributed by atoms with van der Waals surface area (Å²) in [7, 11) is 0. The van der Waals surface area contributed by atoms with Crippen molar-refractivity contribution in [1.29, 1.82) is 0 Å². The van der Waals surface area contributed by atoms with Crippen molar-refractivity contribution in [2.75, 3.05) is 13.2 Å². The lowest BCUT2D eigenvalue weighted by atomic mass is 10.1. The lowest BCUT2D eigenvalue weighted by molar-refractivity contribution is -0.122. The van der Waals surface area contributed by atoms with Gasteiger partial charge in [0.2, 0.25) is 5.91 Å². The van der Waals surface area contributed by atoms with Gasteiger partial charge in [-0.25, -0.2) is 0 Å². The Balaban J connectivity index is 1.94. The number of amides is 1. The highest BCUT2D eigenvalue weighted by Crippen LogP contribution is 2.50. The normalized spacial score (nSPS) is 21.7. The van der Waals surface area contributed by atoms with Crippen LogP contribution < -0.4 is 5.32 Å². The minimum absolute atomic E-state index is 0.0142. The van der Waals surface area contributed by atoms with Crippen LogP contribution in [-0.4, -0.2) is 24.2 Å². The number of rotatable bonds is 5. The summed E-state index contributed by atoms with van der Waals surface area (Å²) >= 11 is 12.1. The summed E-state index contributed by atoms with van der Waals surface area (Å²) in [6.45, 7) is 0.607. The maximum atomic E-state index is 11.8. The number of hydrogen-bond acceptors (Lipinski definition) is 2. The van der Waals surface area contributed by atoms with E-state index in [2.05, 4.69) is 5.32 Å². The predicted molar refractivity (Wildman–Crippen MR) is 72.0 cm³/mol. The average molecular weight is 288 g/mol. The number of carbonyl (C=O) groups is 1. The van der Waals surface area contributed by atoms with Crippen molar-refractivity contribution in [1.82, 2.24) is 5.32 Å². The van der Waals surface area contributed by atoms with Crippen LogP contribution in [0.2, 0.25) is 10.0 Å². The lowest BCUT2D eigenvalue weighted by Crippen LogP contribution is -2.26. The number of hydrogen-bond donors (Lipinski definition) is 2. The van der Waals surface area contributed by atoms with Crippen molar-refractivity contribution in [3.05, 3.63) is 33.8 Å². The van der Waals surface area contributed by atoms with Gasteiger partial charge in [-0.3, -0.25) is 4.79 Å². The summed E-state index contributed by atoms with van der Waals surface area (Å²) in [5.41, 5.74) is 0.950. The number of nitrogens with one attached hydrogen (secondary N) is 1. The summed E-state index contributed by atoms with van der Waals surface area (Å²) in [4.78, 5) is 11.8. The zero-order valence-corrected chi connectivity index (χ0v) is 11.3. The van der Waals surface area contributed by atoms with E-state index in [1.54, 1.807) is 6.07 Å². The fraction of sp³-hybridized carbons (Fsp3) is 0.462. The average Bonchev–Trinajstić information content (AvgIpc) is 3.13. The fourth-order valence-corrected chi connectivity index (χ4v) is 2.51. The molecule has 3 nitrogen and oxygen atoms in total. The lowest BCUT2D eigenvalue weighted by Gasteiger charge is -2.06. The Bertz CT molecular complexity index is 451. The molecule has 18 heavy (non-hydrogen) atoms. The second-order valence-corrected chi connectivity index (χ2v) is 5.25. The molecule has 1 aromatic rings. The molecule has 0 aliphatic heterocycles. The molecule has 1 saturated carbocycles. The Morgan fingerprint density at radius 3 is 2.94 bits per heavy atom. The highest BCUT2D eigenvalue weighted by atomic mass is 35.5. The van der Waals surface area contributed by atoms with Gasteiger partial charge in [-0.2, -0.15) is 0 Å². The smallest absolute Gasteiger partial charge is 0.223 e. The van der Waals surface area contributed by atoms with Crippen molar-refractivity contribution in [2.24, 2.45) is 5.92 Å². The highest BCUT2D eigenvalue weighted by Gasteiger charge is 2.44. The first-order valence-corrected chi connectivity index (χ1v) is 6.73. The van der Waals surface area contributed by atoms with E-state index in [0.29, 0.717) is 23.0 Å². The number of aliphatic hydroxyl groups excluding tert-OH is 1. The first kappa shape index (κ1) is 13.7. The second kappa shape index (κ2) is 5.91. The molecular weight excluding hydrogens is 273 g/mol. The molecule has 1 amide bonds. The van der Waals surface area contributed by atoms with Crippen LogP contribution >= 0.6 is 23.2 Å². The van der Waals surface area contributed by atoms with E-state index >= 15 is 0 Å². The van der Waals surface area contributed by atoms with Gasteiger partial charge in [-0.15, -0.1) is 0 Å². The third-order valence-electron chi connectivity index (χ3n) is 3.14. The van der Waals surface area contributed by atoms with Crippen LogP contribution in [0.5, 0.6) is 0 Å². The molecule has 2 unspecified atom stereocenters. The van der Waals surface area contributed by atoms with E-state index in [1.165, 1.54) is 0 Å². The van der Waals surface area contributed by atoms with Crippen LogP contribution in [0.3, 0.4) is 0 Å². The fourth-order valence-electron chi connectivity index (χ4n) is 2.06. The van der Waals surface area contributed by atoms with Gasteiger partial charge in [0.1, 0.15) is 0 Å². The van der Waals surface area contributed by atoms with Gasteiger partial charge in [-0.05, 0) is 30.4 Å². The Morgan fingerprint density at radius 2 is 2.22 bits per heavy atom. The molecule has 0 aromatic heterocycles. The number of carbonyl (C=O) groups excluding carboxylic acids is 1. The Morgan fingerprint density at radius 1 is 1.44 bits per heavy atom. The van der Waals surface area contributed by atoms with Crippen LogP contribution in [0, 0.1) is 5.92 Å². The summed E-state index contributed by atoms with van der Waals surface area (Å²) < 4.78 is 0. The van der Waals surface area contributed by atoms with Gasteiger partial charge in [0, 0.05) is 19.1 Å². The van der Waals surface area contributed by atoms with Gasteiger partial charge in [0.05, 0.1) is 10.0 Å². The number of halogens is 2. The monoisotopic (exact) mass is 287 g/mol. The van der Waals surface area contributed by atoms with Crippen molar-refractivity contribution in [2.45, 2.75) is 18.8 Å². The first-order chi connectivity index (χ1) is 8.65. The van der Waals surface area contributed by atoms with Crippen LogP contribution in [0.25, 0.3) is 0 Å². The Hall–Kier alpha value is -0.770. The molecule has 1 fully saturated rings. The van der Waals surface area contributed by atoms with Gasteiger partial charge in [-0.1, -0.05) is 35.3 Å². The largest absolute Gasteiger partial charge is 0.396 e. The molecule has 2 atom stereocenters. The van der Waals surface area contributed by atoms with Gasteiger partial charge < -0.3 is 10.4 Å². The molecule has 0 bridgehead atoms. The van der Waals surface area contributed by atoms with Gasteiger partial charge in [0.15, 0.2) is 0 Å². The van der Waals surface area contributed by atoms with Gasteiger partial charge >= 0.3 is 0 Å². The Kier molecular flexibility index (Phi) is 4.49. The van der Waals surface area contributed by atoms with E-state index < -0.39 is 0 Å². The molecule has 5 heteroatoms. The molecule has 0 saturated heterocycles. The molecule has 1 aliphatic carbocycles. The van der Waals surface area contributed by atoms with E-state index in [-0.39, 0.29) is 24.3 Å². The van der Waals surface area contributed by atoms with Crippen LogP contribution in [0.1, 0.15) is 24.3 Å². The number of benzene rings is 1. The Labute approximate surface area is 116 Å². The van der Waals surface area contributed by atoms with E-state index in [1.807, 2.05) is 12.1 Å². The molecule has 1 aliphatic rings. The molecule has 0 radical (unpaired) electrons. The van der Waals surface area contributed by atoms with Crippen LogP contribution in [0.4, 0.5) is 0 Å². The molecule has 98 valence electrons. The minimum Gasteiger partial charge on any atom is -0.396 e. The van der Waals surface area contributed by atoms with Crippen molar-refractivity contribution >= 4 is 29.1 Å². The molecule has 0 spiro atoms. The highest BCUT2D eigenvalue weighted by molar-refractivity contribution is 6.42. The summed E-state index contributed by atoms with van der Waals surface area (Å²) in [5.74, 6) is 0.189. The zero-order valence-electron chi connectivity index (χ0n) is 9.83. The van der Waals surface area contributed by atoms with Crippen molar-refractivity contribution < 1.29 is 9.90 Å². The SMILES string of the molecule is O=C(NCCCO)C1CC1c1cccc(Cl)c1Cl. The standard InChI is InChI=1S/C13H15Cl2NO2/c14-11-4-1-3-8(12(11)15)9-7-10(9)13(18)16-5-2-6-17/h1,3-4,9-10,17H,2,5-7H2,(H,16,18). The van der Waals surface area contributed by atoms with Crippen LogP contribution in [-0.2, 0) is 4.79 Å². The zero-order chi connectivity index (χ0) is 13.1. The third-order valence-corrected chi connectivity index (χ3v) is 3.98. The van der Waals surface area contributed by atoms with E-state index in [9.17, 15) is 4.79 Å². The van der Waals surface area contributed by atoms with E-state index in [4.69, 9.17) is 28.3 Å². The molecular formula is C13H15Cl2NO2. The first-order valence-electron chi connectivity index (χ1n) is 5.97. The predicted octanol–water partition coefficient (Wildman–Crippen LogP) is 2.60. The maximum absolute atomic E-state index is 11.8.